The van der Waals surface area contributed by atoms with Crippen LogP contribution in [0.5, 0.6) is 11.5 Å². The molecule has 0 saturated heterocycles. The summed E-state index contributed by atoms with van der Waals surface area (Å²) in [6.45, 7) is 3.83. The normalized spacial score (nSPS) is 10.4. The van der Waals surface area contributed by atoms with E-state index in [2.05, 4.69) is 36.5 Å². The Kier molecular flexibility index (Phi) is 8.02. The minimum atomic E-state index is 0.782. The van der Waals surface area contributed by atoms with Gasteiger partial charge in [0.25, 0.3) is 0 Å². The second kappa shape index (κ2) is 10.6. The molecule has 2 rings (SSSR count). The van der Waals surface area contributed by atoms with Crippen molar-refractivity contribution in [3.63, 3.8) is 0 Å². The third-order valence-electron chi connectivity index (χ3n) is 4.01. The zero-order valence-electron chi connectivity index (χ0n) is 14.9. The van der Waals surface area contributed by atoms with Crippen LogP contribution in [-0.2, 0) is 6.54 Å². The number of ether oxygens (including phenoxy) is 2. The topological polar surface area (TPSA) is 30.5 Å². The Morgan fingerprint density at radius 2 is 1.67 bits per heavy atom. The van der Waals surface area contributed by atoms with Gasteiger partial charge in [0.1, 0.15) is 11.5 Å². The molecule has 0 aliphatic carbocycles. The zero-order chi connectivity index (χ0) is 17.0. The highest BCUT2D eigenvalue weighted by Gasteiger charge is 1.98. The number of anilines is 1. The van der Waals surface area contributed by atoms with E-state index in [1.807, 2.05) is 24.3 Å². The molecule has 2 aromatic carbocycles. The van der Waals surface area contributed by atoms with Crippen LogP contribution < -0.4 is 14.8 Å². The minimum Gasteiger partial charge on any atom is -0.497 e. The van der Waals surface area contributed by atoms with Gasteiger partial charge >= 0.3 is 0 Å². The van der Waals surface area contributed by atoms with Crippen molar-refractivity contribution in [3.8, 4) is 11.5 Å². The third kappa shape index (κ3) is 6.53. The van der Waals surface area contributed by atoms with E-state index >= 15 is 0 Å². The Hall–Kier alpha value is -2.16. The molecule has 1 N–H and O–H groups in total. The van der Waals surface area contributed by atoms with Crippen molar-refractivity contribution in [1.82, 2.24) is 0 Å². The number of unbranched alkanes of at least 4 members (excludes halogenated alkanes) is 4. The van der Waals surface area contributed by atoms with Gasteiger partial charge in [-0.1, -0.05) is 50.8 Å². The van der Waals surface area contributed by atoms with Crippen molar-refractivity contribution in [2.45, 2.75) is 45.6 Å². The molecule has 0 bridgehead atoms. The van der Waals surface area contributed by atoms with E-state index in [1.165, 1.54) is 31.2 Å². The van der Waals surface area contributed by atoms with E-state index in [0.29, 0.717) is 0 Å². The van der Waals surface area contributed by atoms with Gasteiger partial charge in [0.05, 0.1) is 13.7 Å². The molecule has 0 amide bonds. The second-order valence-electron chi connectivity index (χ2n) is 5.99. The fourth-order valence-corrected chi connectivity index (χ4v) is 2.54. The van der Waals surface area contributed by atoms with Crippen molar-refractivity contribution < 1.29 is 9.47 Å². The molecule has 0 fully saturated rings. The van der Waals surface area contributed by atoms with Gasteiger partial charge < -0.3 is 14.8 Å². The Bertz CT molecular complexity index is 581. The maximum absolute atomic E-state index is 5.80. The highest BCUT2D eigenvalue weighted by atomic mass is 16.5. The Morgan fingerprint density at radius 1 is 0.875 bits per heavy atom. The molecule has 3 heteroatoms. The quantitative estimate of drug-likeness (QED) is 0.540. The average Bonchev–Trinajstić information content (AvgIpc) is 2.64. The van der Waals surface area contributed by atoms with E-state index in [0.717, 1.165) is 36.8 Å². The van der Waals surface area contributed by atoms with Crippen molar-refractivity contribution in [2.75, 3.05) is 19.0 Å². The van der Waals surface area contributed by atoms with Gasteiger partial charge in [0.2, 0.25) is 0 Å². The summed E-state index contributed by atoms with van der Waals surface area (Å²) in [7, 11) is 1.68. The van der Waals surface area contributed by atoms with Gasteiger partial charge in [-0.05, 0) is 36.2 Å². The molecule has 0 spiro atoms. The van der Waals surface area contributed by atoms with Crippen LogP contribution >= 0.6 is 0 Å². The monoisotopic (exact) mass is 327 g/mol. The fraction of sp³-hybridized carbons (Fsp3) is 0.429. The Balaban J connectivity index is 1.71. The lowest BCUT2D eigenvalue weighted by molar-refractivity contribution is 0.304. The molecule has 0 aliphatic heterocycles. The van der Waals surface area contributed by atoms with Gasteiger partial charge in [0, 0.05) is 18.3 Å². The summed E-state index contributed by atoms with van der Waals surface area (Å²) < 4.78 is 11.0. The van der Waals surface area contributed by atoms with Gasteiger partial charge in [-0.25, -0.2) is 0 Å². The van der Waals surface area contributed by atoms with Gasteiger partial charge in [0.15, 0.2) is 0 Å². The summed E-state index contributed by atoms with van der Waals surface area (Å²) in [6.07, 6.45) is 6.32. The molecule has 0 unspecified atom stereocenters. The standard InChI is InChI=1S/C21H29NO2/c1-3-4-5-6-7-15-24-20-13-11-18(12-14-20)17-22-19-9-8-10-21(16-19)23-2/h8-14,16,22H,3-7,15,17H2,1-2H3. The first-order valence-corrected chi connectivity index (χ1v) is 8.91. The van der Waals surface area contributed by atoms with E-state index in [1.54, 1.807) is 7.11 Å². The lowest BCUT2D eigenvalue weighted by atomic mass is 10.2. The summed E-state index contributed by atoms with van der Waals surface area (Å²) in [5.74, 6) is 1.82. The van der Waals surface area contributed by atoms with Crippen LogP contribution in [0.2, 0.25) is 0 Å². The third-order valence-corrected chi connectivity index (χ3v) is 4.01. The number of benzene rings is 2. The molecule has 2 aromatic rings. The number of hydrogen-bond donors (Lipinski definition) is 1. The highest BCUT2D eigenvalue weighted by Crippen LogP contribution is 2.18. The van der Waals surface area contributed by atoms with Gasteiger partial charge in [-0.2, -0.15) is 0 Å². The summed E-state index contributed by atoms with van der Waals surface area (Å²) in [5.41, 5.74) is 2.29. The first kappa shape index (κ1) is 18.2. The smallest absolute Gasteiger partial charge is 0.120 e. The van der Waals surface area contributed by atoms with Crippen molar-refractivity contribution in [1.29, 1.82) is 0 Å². The van der Waals surface area contributed by atoms with Crippen LogP contribution in [-0.4, -0.2) is 13.7 Å². The molecular weight excluding hydrogens is 298 g/mol. The molecule has 0 atom stereocenters. The van der Waals surface area contributed by atoms with E-state index in [-0.39, 0.29) is 0 Å². The van der Waals surface area contributed by atoms with E-state index in [9.17, 15) is 0 Å². The number of hydrogen-bond acceptors (Lipinski definition) is 3. The number of methoxy groups -OCH3 is 1. The first-order chi connectivity index (χ1) is 11.8. The molecule has 0 radical (unpaired) electrons. The number of nitrogens with one attached hydrogen (secondary N) is 1. The zero-order valence-corrected chi connectivity index (χ0v) is 14.9. The second-order valence-corrected chi connectivity index (χ2v) is 5.99. The van der Waals surface area contributed by atoms with Crippen LogP contribution in [0.15, 0.2) is 48.5 Å². The minimum absolute atomic E-state index is 0.782. The highest BCUT2D eigenvalue weighted by molar-refractivity contribution is 5.48. The largest absolute Gasteiger partial charge is 0.497 e. The SMILES string of the molecule is CCCCCCCOc1ccc(CNc2cccc(OC)c2)cc1. The van der Waals surface area contributed by atoms with Crippen LogP contribution in [0.3, 0.4) is 0 Å². The van der Waals surface area contributed by atoms with E-state index < -0.39 is 0 Å². The predicted octanol–water partition coefficient (Wildman–Crippen LogP) is 5.66. The van der Waals surface area contributed by atoms with Crippen LogP contribution in [0.25, 0.3) is 0 Å². The summed E-state index contributed by atoms with van der Waals surface area (Å²) >= 11 is 0. The van der Waals surface area contributed by atoms with Crippen LogP contribution in [0, 0.1) is 0 Å². The summed E-state index contributed by atoms with van der Waals surface area (Å²) in [6, 6.07) is 16.3. The molecule has 3 nitrogen and oxygen atoms in total. The predicted molar refractivity (Wildman–Crippen MR) is 101 cm³/mol. The van der Waals surface area contributed by atoms with Crippen molar-refractivity contribution in [3.05, 3.63) is 54.1 Å². The molecule has 0 aromatic heterocycles. The lowest BCUT2D eigenvalue weighted by Crippen LogP contribution is -2.00. The molecule has 24 heavy (non-hydrogen) atoms. The lowest BCUT2D eigenvalue weighted by Gasteiger charge is -2.10. The van der Waals surface area contributed by atoms with Crippen LogP contribution in [0.1, 0.15) is 44.6 Å². The number of rotatable bonds is 11. The van der Waals surface area contributed by atoms with E-state index in [4.69, 9.17) is 9.47 Å². The Labute approximate surface area is 146 Å². The molecule has 0 heterocycles. The van der Waals surface area contributed by atoms with Crippen molar-refractivity contribution in [2.24, 2.45) is 0 Å². The molecular formula is C21H29NO2. The van der Waals surface area contributed by atoms with Gasteiger partial charge in [-0.15, -0.1) is 0 Å². The summed E-state index contributed by atoms with van der Waals surface area (Å²) in [4.78, 5) is 0. The molecule has 0 saturated carbocycles. The van der Waals surface area contributed by atoms with Crippen molar-refractivity contribution >= 4 is 5.69 Å². The molecule has 0 aliphatic rings. The molecule has 130 valence electrons. The Morgan fingerprint density at radius 3 is 2.42 bits per heavy atom. The fourth-order valence-electron chi connectivity index (χ4n) is 2.54. The average molecular weight is 327 g/mol. The maximum Gasteiger partial charge on any atom is 0.120 e. The maximum atomic E-state index is 5.80. The van der Waals surface area contributed by atoms with Crippen LogP contribution in [0.4, 0.5) is 5.69 Å². The summed E-state index contributed by atoms with van der Waals surface area (Å²) in [5, 5.41) is 3.41. The first-order valence-electron chi connectivity index (χ1n) is 8.91. The van der Waals surface area contributed by atoms with Gasteiger partial charge in [-0.3, -0.25) is 0 Å².